The molecule has 0 aromatic rings. The lowest BCUT2D eigenvalue weighted by molar-refractivity contribution is -0.250. The van der Waals surface area contributed by atoms with Crippen molar-refractivity contribution in [1.29, 1.82) is 0 Å². The molecule has 216 valence electrons. The first kappa shape index (κ1) is 29.2. The van der Waals surface area contributed by atoms with Gasteiger partial charge in [-0.15, -0.1) is 0 Å². The van der Waals surface area contributed by atoms with Crippen LogP contribution >= 0.6 is 0 Å². The highest BCUT2D eigenvalue weighted by molar-refractivity contribution is 5.94. The zero-order chi connectivity index (χ0) is 29.5. The van der Waals surface area contributed by atoms with Crippen LogP contribution in [-0.4, -0.2) is 76.5 Å². The van der Waals surface area contributed by atoms with Gasteiger partial charge in [-0.3, -0.25) is 24.0 Å². The maximum Gasteiger partial charge on any atom is 0.303 e. The minimum Gasteiger partial charge on any atom is -0.462 e. The molecular formula is C28H38O11. The molecule has 1 saturated heterocycles. The van der Waals surface area contributed by atoms with Crippen molar-refractivity contribution in [2.24, 2.45) is 22.7 Å². The maximum atomic E-state index is 13.7. The number of rotatable bonds is 4. The number of fused-ring (bicyclic) bond motifs is 2. The zero-order valence-corrected chi connectivity index (χ0v) is 23.7. The number of carbonyl (C=O) groups excluding carboxylic acids is 5. The fourth-order valence-corrected chi connectivity index (χ4v) is 7.98. The summed E-state index contributed by atoms with van der Waals surface area (Å²) < 4.78 is 29.9. The van der Waals surface area contributed by atoms with E-state index in [0.29, 0.717) is 0 Å². The number of carbonyl (C=O) groups is 5. The van der Waals surface area contributed by atoms with Gasteiger partial charge in [-0.05, 0) is 12.5 Å². The highest BCUT2D eigenvalue weighted by Gasteiger charge is 2.88. The summed E-state index contributed by atoms with van der Waals surface area (Å²) in [6, 6.07) is 0. The van der Waals surface area contributed by atoms with Gasteiger partial charge in [0, 0.05) is 57.8 Å². The van der Waals surface area contributed by atoms with E-state index in [1.54, 1.807) is 13.8 Å². The summed E-state index contributed by atoms with van der Waals surface area (Å²) in [4.78, 5) is 63.7. The number of ketones is 1. The predicted molar refractivity (Wildman–Crippen MR) is 133 cm³/mol. The van der Waals surface area contributed by atoms with Crippen molar-refractivity contribution in [2.45, 2.75) is 110 Å². The summed E-state index contributed by atoms with van der Waals surface area (Å²) in [5, 5.41) is 11.1. The van der Waals surface area contributed by atoms with Crippen molar-refractivity contribution in [2.75, 3.05) is 0 Å². The summed E-state index contributed by atoms with van der Waals surface area (Å²) in [5.41, 5.74) is -5.04. The standard InChI is InChI=1S/C28H38O11/c1-12-18(33)11-20(35-13(2)29)26(8)21(12)22(36-14(3)30)17-10-19(34)27(9)28(39-27,25(17,6)7)24(38-16(5)32)23(26)37-15(4)31/h17-18,20-24,33H,1,10-11H2,2-9H3/t17-,18-,20-,21-,22+,23-,24-,26+,27+,28+/m0/s1. The number of epoxide rings is 1. The number of esters is 4. The second-order valence-corrected chi connectivity index (χ2v) is 12.2. The molecule has 1 aliphatic heterocycles. The third kappa shape index (κ3) is 3.95. The monoisotopic (exact) mass is 550 g/mol. The van der Waals surface area contributed by atoms with E-state index in [9.17, 15) is 29.1 Å². The summed E-state index contributed by atoms with van der Waals surface area (Å²) in [7, 11) is 0. The molecule has 4 fully saturated rings. The Kier molecular flexibility index (Phi) is 6.83. The molecule has 11 nitrogen and oxygen atoms in total. The van der Waals surface area contributed by atoms with E-state index >= 15 is 0 Å². The van der Waals surface area contributed by atoms with Gasteiger partial charge in [-0.25, -0.2) is 0 Å². The Bertz CT molecular complexity index is 1140. The Morgan fingerprint density at radius 3 is 1.90 bits per heavy atom. The molecule has 3 aliphatic carbocycles. The third-order valence-electron chi connectivity index (χ3n) is 9.69. The van der Waals surface area contributed by atoms with Gasteiger partial charge < -0.3 is 28.8 Å². The lowest BCUT2D eigenvalue weighted by Gasteiger charge is -2.61. The van der Waals surface area contributed by atoms with E-state index in [-0.39, 0.29) is 24.2 Å². The number of Topliss-reactive ketones (excluding diaryl/α,β-unsaturated/α-hetero) is 1. The maximum absolute atomic E-state index is 13.7. The average Bonchev–Trinajstić information content (AvgIpc) is 3.45. The predicted octanol–water partition coefficient (Wildman–Crippen LogP) is 1.81. The molecule has 0 aromatic heterocycles. The molecule has 4 rings (SSSR count). The third-order valence-corrected chi connectivity index (χ3v) is 9.69. The normalized spacial score (nSPS) is 44.0. The number of hydrogen-bond acceptors (Lipinski definition) is 11. The molecule has 2 bridgehead atoms. The Balaban J connectivity index is 2.11. The number of aliphatic hydroxyl groups is 1. The van der Waals surface area contributed by atoms with Crippen molar-refractivity contribution < 1.29 is 52.8 Å². The number of aliphatic hydroxyl groups excluding tert-OH is 1. The summed E-state index contributed by atoms with van der Waals surface area (Å²) in [6.45, 7) is 15.9. The van der Waals surface area contributed by atoms with E-state index in [0.717, 1.165) is 0 Å². The Labute approximate surface area is 227 Å². The average molecular weight is 551 g/mol. The van der Waals surface area contributed by atoms with Crippen molar-refractivity contribution >= 4 is 29.7 Å². The fourth-order valence-electron chi connectivity index (χ4n) is 7.98. The minimum atomic E-state index is -1.48. The van der Waals surface area contributed by atoms with Gasteiger partial charge in [0.15, 0.2) is 29.2 Å². The molecule has 1 heterocycles. The van der Waals surface area contributed by atoms with Crippen LogP contribution in [0.25, 0.3) is 0 Å². The molecule has 11 heteroatoms. The van der Waals surface area contributed by atoms with E-state index in [2.05, 4.69) is 6.58 Å². The molecule has 1 spiro atoms. The number of hydrogen-bond donors (Lipinski definition) is 1. The van der Waals surface area contributed by atoms with Gasteiger partial charge in [0.05, 0.1) is 11.5 Å². The Morgan fingerprint density at radius 1 is 0.872 bits per heavy atom. The second-order valence-electron chi connectivity index (χ2n) is 12.2. The van der Waals surface area contributed by atoms with E-state index in [1.807, 2.05) is 13.8 Å². The van der Waals surface area contributed by atoms with Crippen molar-refractivity contribution in [3.63, 3.8) is 0 Å². The highest BCUT2D eigenvalue weighted by atomic mass is 16.7. The Hall–Kier alpha value is -2.79. The van der Waals surface area contributed by atoms with Crippen LogP contribution in [0.5, 0.6) is 0 Å². The number of ether oxygens (including phenoxy) is 5. The lowest BCUT2D eigenvalue weighted by Crippen LogP contribution is -2.73. The van der Waals surface area contributed by atoms with Gasteiger partial charge in [0.1, 0.15) is 12.2 Å². The van der Waals surface area contributed by atoms with Crippen LogP contribution in [0.3, 0.4) is 0 Å². The van der Waals surface area contributed by atoms with E-state index < -0.39 is 88.3 Å². The molecule has 3 saturated carbocycles. The van der Waals surface area contributed by atoms with E-state index in [1.165, 1.54) is 27.7 Å². The fraction of sp³-hybridized carbons (Fsp3) is 0.750. The molecule has 0 aromatic carbocycles. The second kappa shape index (κ2) is 9.12. The quantitative estimate of drug-likeness (QED) is 0.236. The van der Waals surface area contributed by atoms with Crippen LogP contribution < -0.4 is 0 Å². The zero-order valence-electron chi connectivity index (χ0n) is 23.7. The first-order valence-electron chi connectivity index (χ1n) is 13.1. The van der Waals surface area contributed by atoms with Crippen LogP contribution in [0, 0.1) is 22.7 Å². The van der Waals surface area contributed by atoms with Gasteiger partial charge >= 0.3 is 23.9 Å². The summed E-state index contributed by atoms with van der Waals surface area (Å²) >= 11 is 0. The molecule has 1 N–H and O–H groups in total. The molecular weight excluding hydrogens is 512 g/mol. The van der Waals surface area contributed by atoms with Crippen molar-refractivity contribution in [3.05, 3.63) is 12.2 Å². The van der Waals surface area contributed by atoms with E-state index in [4.69, 9.17) is 23.7 Å². The molecule has 4 aliphatic rings. The van der Waals surface area contributed by atoms with Crippen LogP contribution in [-0.2, 0) is 47.7 Å². The van der Waals surface area contributed by atoms with Gasteiger partial charge in [0.2, 0.25) is 0 Å². The first-order chi connectivity index (χ1) is 17.9. The summed E-state index contributed by atoms with van der Waals surface area (Å²) in [6.07, 6.45) is -6.13. The van der Waals surface area contributed by atoms with Gasteiger partial charge in [0.25, 0.3) is 0 Å². The van der Waals surface area contributed by atoms with Gasteiger partial charge in [-0.1, -0.05) is 27.4 Å². The first-order valence-corrected chi connectivity index (χ1v) is 13.1. The molecule has 0 amide bonds. The topological polar surface area (TPSA) is 155 Å². The van der Waals surface area contributed by atoms with Crippen LogP contribution in [0.15, 0.2) is 12.2 Å². The highest BCUT2D eigenvalue weighted by Crippen LogP contribution is 2.72. The molecule has 0 unspecified atom stereocenters. The van der Waals surface area contributed by atoms with Crippen LogP contribution in [0.2, 0.25) is 0 Å². The van der Waals surface area contributed by atoms with Crippen molar-refractivity contribution in [1.82, 2.24) is 0 Å². The van der Waals surface area contributed by atoms with Crippen LogP contribution in [0.4, 0.5) is 0 Å². The lowest BCUT2D eigenvalue weighted by atomic mass is 9.45. The largest absolute Gasteiger partial charge is 0.462 e. The van der Waals surface area contributed by atoms with Crippen molar-refractivity contribution in [3.8, 4) is 0 Å². The van der Waals surface area contributed by atoms with Crippen LogP contribution in [0.1, 0.15) is 68.2 Å². The Morgan fingerprint density at radius 2 is 1.38 bits per heavy atom. The molecule has 39 heavy (non-hydrogen) atoms. The smallest absolute Gasteiger partial charge is 0.303 e. The summed E-state index contributed by atoms with van der Waals surface area (Å²) in [5.74, 6) is -4.68. The van der Waals surface area contributed by atoms with Gasteiger partial charge in [-0.2, -0.15) is 0 Å². The molecule has 10 atom stereocenters. The molecule has 0 radical (unpaired) electrons. The SMILES string of the molecule is C=C1[C@@H](O)C[C@H](OC(C)=O)[C@@]2(C)[C@@H](OC(C)=O)[C@H](OC(C)=O)[C@]34O[C@]3(C)C(=O)C[C@@H]([C@@H](OC(C)=O)[C@H]12)C4(C)C. The minimum absolute atomic E-state index is 0.0393.